The number of rotatable bonds is 3. The van der Waals surface area contributed by atoms with E-state index in [0.717, 1.165) is 32.6 Å². The summed E-state index contributed by atoms with van der Waals surface area (Å²) in [4.78, 5) is 0. The van der Waals surface area contributed by atoms with Crippen molar-refractivity contribution in [2.75, 3.05) is 19.8 Å². The van der Waals surface area contributed by atoms with E-state index in [0.29, 0.717) is 6.04 Å². The minimum absolute atomic E-state index is 0.372. The largest absolute Gasteiger partial charge is 0.378 e. The van der Waals surface area contributed by atoms with Crippen LogP contribution in [0.5, 0.6) is 0 Å². The molecule has 2 nitrogen and oxygen atoms in total. The third kappa shape index (κ3) is 3.01. The summed E-state index contributed by atoms with van der Waals surface area (Å²) >= 11 is 2.48. The molecule has 1 saturated heterocycles. The fraction of sp³-hybridized carbons (Fsp3) is 0.571. The molecule has 0 aromatic heterocycles. The molecule has 1 aliphatic heterocycles. The summed E-state index contributed by atoms with van der Waals surface area (Å²) in [6, 6.07) is 5.05. The van der Waals surface area contributed by atoms with Crippen LogP contribution in [-0.4, -0.2) is 19.8 Å². The quantitative estimate of drug-likeness (QED) is 0.851. The number of hydrogen-bond acceptors (Lipinski definition) is 2. The average molecular weight is 345 g/mol. The predicted molar refractivity (Wildman–Crippen MR) is 79.5 cm³/mol. The smallest absolute Gasteiger partial charge is 0.0662 e. The van der Waals surface area contributed by atoms with Crippen molar-refractivity contribution in [3.63, 3.8) is 0 Å². The molecule has 17 heavy (non-hydrogen) atoms. The molecule has 2 rings (SSSR count). The van der Waals surface area contributed by atoms with E-state index in [1.165, 1.54) is 20.3 Å². The molecule has 0 unspecified atom stereocenters. The normalized spacial score (nSPS) is 20.5. The van der Waals surface area contributed by atoms with Crippen LogP contribution in [0.25, 0.3) is 0 Å². The topological polar surface area (TPSA) is 21.3 Å². The Morgan fingerprint density at radius 3 is 2.41 bits per heavy atom. The third-order valence-electron chi connectivity index (χ3n) is 3.33. The molecule has 1 aromatic rings. The van der Waals surface area contributed by atoms with Gasteiger partial charge in [0.2, 0.25) is 0 Å². The summed E-state index contributed by atoms with van der Waals surface area (Å²) in [5.74, 6) is 0. The maximum atomic E-state index is 5.55. The zero-order valence-electron chi connectivity index (χ0n) is 10.6. The molecule has 0 saturated carbocycles. The van der Waals surface area contributed by atoms with Gasteiger partial charge in [0.15, 0.2) is 0 Å². The van der Waals surface area contributed by atoms with Gasteiger partial charge >= 0.3 is 0 Å². The van der Waals surface area contributed by atoms with Crippen LogP contribution in [-0.2, 0) is 17.6 Å². The number of morpholine rings is 1. The van der Waals surface area contributed by atoms with E-state index in [9.17, 15) is 0 Å². The van der Waals surface area contributed by atoms with Crippen LogP contribution < -0.4 is 5.32 Å². The predicted octanol–water partition coefficient (Wildman–Crippen LogP) is 3.08. The van der Waals surface area contributed by atoms with Crippen molar-refractivity contribution in [2.45, 2.75) is 32.7 Å². The van der Waals surface area contributed by atoms with Crippen LogP contribution in [0, 0.1) is 3.57 Å². The molecule has 0 spiro atoms. The summed E-state index contributed by atoms with van der Waals surface area (Å²) in [5, 5.41) is 3.53. The molecule has 1 aliphatic rings. The first-order valence-corrected chi connectivity index (χ1v) is 7.46. The van der Waals surface area contributed by atoms with Crippen LogP contribution in [0.1, 0.15) is 36.6 Å². The van der Waals surface area contributed by atoms with Crippen molar-refractivity contribution in [1.29, 1.82) is 0 Å². The minimum atomic E-state index is 0.372. The monoisotopic (exact) mass is 345 g/mol. The molecular weight excluding hydrogens is 325 g/mol. The SMILES string of the molecule is CCc1cc([C@@H]2COCCN2)cc(CC)c1I. The van der Waals surface area contributed by atoms with E-state index in [-0.39, 0.29) is 0 Å². The number of ether oxygens (including phenoxy) is 1. The standard InChI is InChI=1S/C14H20INO/c1-3-10-7-12(8-11(4-2)14(10)15)13-9-17-6-5-16-13/h7-8,13,16H,3-6,9H2,1-2H3/t13-/m0/s1. The van der Waals surface area contributed by atoms with E-state index in [2.05, 4.69) is 53.9 Å². The summed E-state index contributed by atoms with van der Waals surface area (Å²) in [5.41, 5.74) is 4.32. The Morgan fingerprint density at radius 1 is 1.29 bits per heavy atom. The Hall–Kier alpha value is -0.130. The summed E-state index contributed by atoms with van der Waals surface area (Å²) < 4.78 is 6.99. The Kier molecular flexibility index (Phi) is 4.82. The van der Waals surface area contributed by atoms with E-state index in [4.69, 9.17) is 4.74 Å². The highest BCUT2D eigenvalue weighted by molar-refractivity contribution is 14.1. The number of halogens is 1. The zero-order chi connectivity index (χ0) is 12.3. The highest BCUT2D eigenvalue weighted by atomic mass is 127. The Balaban J connectivity index is 2.33. The van der Waals surface area contributed by atoms with Crippen molar-refractivity contribution < 1.29 is 4.74 Å². The lowest BCUT2D eigenvalue weighted by atomic mass is 9.98. The van der Waals surface area contributed by atoms with E-state index in [1.807, 2.05) is 0 Å². The first-order valence-electron chi connectivity index (χ1n) is 6.38. The lowest BCUT2D eigenvalue weighted by molar-refractivity contribution is 0.0768. The Morgan fingerprint density at radius 2 is 1.94 bits per heavy atom. The molecule has 1 atom stereocenters. The van der Waals surface area contributed by atoms with E-state index < -0.39 is 0 Å². The van der Waals surface area contributed by atoms with Gasteiger partial charge in [-0.1, -0.05) is 26.0 Å². The van der Waals surface area contributed by atoms with Gasteiger partial charge in [-0.2, -0.15) is 0 Å². The number of aryl methyl sites for hydroxylation is 2. The molecule has 1 heterocycles. The van der Waals surface area contributed by atoms with Crippen LogP contribution in [0.2, 0.25) is 0 Å². The number of nitrogens with one attached hydrogen (secondary N) is 1. The van der Waals surface area contributed by atoms with Gasteiger partial charge in [0.1, 0.15) is 0 Å². The molecule has 0 bridgehead atoms. The van der Waals surface area contributed by atoms with Crippen molar-refractivity contribution >= 4 is 22.6 Å². The Labute approximate surface area is 117 Å². The molecular formula is C14H20INO. The van der Waals surface area contributed by atoms with Crippen molar-refractivity contribution in [2.24, 2.45) is 0 Å². The minimum Gasteiger partial charge on any atom is -0.378 e. The fourth-order valence-electron chi connectivity index (χ4n) is 2.27. The molecule has 0 radical (unpaired) electrons. The second kappa shape index (κ2) is 6.16. The van der Waals surface area contributed by atoms with E-state index in [1.54, 1.807) is 0 Å². The maximum absolute atomic E-state index is 5.55. The van der Waals surface area contributed by atoms with Gasteiger partial charge < -0.3 is 10.1 Å². The lowest BCUT2D eigenvalue weighted by Gasteiger charge is -2.25. The van der Waals surface area contributed by atoms with Gasteiger partial charge in [-0.3, -0.25) is 0 Å². The van der Waals surface area contributed by atoms with Gasteiger partial charge in [-0.05, 0) is 52.1 Å². The van der Waals surface area contributed by atoms with Gasteiger partial charge in [-0.25, -0.2) is 0 Å². The second-order valence-electron chi connectivity index (χ2n) is 4.44. The molecule has 0 aliphatic carbocycles. The highest BCUT2D eigenvalue weighted by Gasteiger charge is 2.17. The summed E-state index contributed by atoms with van der Waals surface area (Å²) in [7, 11) is 0. The van der Waals surface area contributed by atoms with Gasteiger partial charge in [-0.15, -0.1) is 0 Å². The third-order valence-corrected chi connectivity index (χ3v) is 4.72. The van der Waals surface area contributed by atoms with Crippen molar-refractivity contribution in [1.82, 2.24) is 5.32 Å². The van der Waals surface area contributed by atoms with Crippen molar-refractivity contribution in [3.05, 3.63) is 32.4 Å². The van der Waals surface area contributed by atoms with Gasteiger partial charge in [0, 0.05) is 10.1 Å². The summed E-state index contributed by atoms with van der Waals surface area (Å²) in [6.45, 7) is 7.05. The van der Waals surface area contributed by atoms with Crippen LogP contribution >= 0.6 is 22.6 Å². The number of hydrogen-bond donors (Lipinski definition) is 1. The average Bonchev–Trinajstić information content (AvgIpc) is 2.40. The van der Waals surface area contributed by atoms with Crippen LogP contribution in [0.15, 0.2) is 12.1 Å². The summed E-state index contributed by atoms with van der Waals surface area (Å²) in [6.07, 6.45) is 2.21. The van der Waals surface area contributed by atoms with Crippen LogP contribution in [0.3, 0.4) is 0 Å². The first-order chi connectivity index (χ1) is 8.26. The fourth-order valence-corrected chi connectivity index (χ4v) is 3.35. The molecule has 3 heteroatoms. The molecule has 1 fully saturated rings. The first kappa shape index (κ1) is 13.3. The van der Waals surface area contributed by atoms with Crippen LogP contribution in [0.4, 0.5) is 0 Å². The zero-order valence-corrected chi connectivity index (χ0v) is 12.7. The second-order valence-corrected chi connectivity index (χ2v) is 5.52. The Bertz CT molecular complexity index is 361. The maximum Gasteiger partial charge on any atom is 0.0662 e. The lowest BCUT2D eigenvalue weighted by Crippen LogP contribution is -2.34. The van der Waals surface area contributed by atoms with E-state index >= 15 is 0 Å². The van der Waals surface area contributed by atoms with Gasteiger partial charge in [0.05, 0.1) is 19.3 Å². The molecule has 0 amide bonds. The molecule has 1 N–H and O–H groups in total. The van der Waals surface area contributed by atoms with Crippen molar-refractivity contribution in [3.8, 4) is 0 Å². The van der Waals surface area contributed by atoms with Gasteiger partial charge in [0.25, 0.3) is 0 Å². The number of benzene rings is 1. The molecule has 94 valence electrons. The highest BCUT2D eigenvalue weighted by Crippen LogP contribution is 2.25. The molecule has 1 aromatic carbocycles.